The van der Waals surface area contributed by atoms with Crippen LogP contribution in [0.15, 0.2) is 137 Å². The maximum Gasteiger partial charge on any atom is 0.327 e. The topological polar surface area (TPSA) is 123 Å². The highest BCUT2D eigenvalue weighted by molar-refractivity contribution is 8.00. The summed E-state index contributed by atoms with van der Waals surface area (Å²) in [4.78, 5) is 35.1. The lowest BCUT2D eigenvalue weighted by Crippen LogP contribution is -2.44. The number of hydrogen-bond acceptors (Lipinski definition) is 6. The number of furan rings is 1. The van der Waals surface area contributed by atoms with E-state index in [0.29, 0.717) is 12.0 Å². The molecule has 4 aromatic carbocycles. The van der Waals surface area contributed by atoms with Gasteiger partial charge in [-0.1, -0.05) is 103 Å². The molecule has 48 heavy (non-hydrogen) atoms. The van der Waals surface area contributed by atoms with Gasteiger partial charge in [0.05, 0.1) is 16.6 Å². The fourth-order valence-corrected chi connectivity index (χ4v) is 7.49. The number of carboxylic acids is 1. The molecule has 9 heteroatoms. The standard InChI is InChI=1S/C39H30N2O6S/c42-36(21-25-10-17-29(18-11-25)41(45)46)40-33(39(43)44)23-48-38-28-16-19-30(32(38)22-28)26-12-14-27(15-13-26)37-31-8-4-5-9-34(31)47-35(37)20-24-6-2-1-3-7-24/h1-19,22,33,38H,20-21,23H2,(H,40,42)(H,43,44)/t33-,38?/m0/s1. The molecule has 0 radical (unpaired) electrons. The molecule has 0 fully saturated rings. The number of allylic oxidation sites excluding steroid dienone is 4. The highest BCUT2D eigenvalue weighted by atomic mass is 32.2. The molecule has 238 valence electrons. The van der Waals surface area contributed by atoms with Crippen molar-refractivity contribution in [1.82, 2.24) is 5.32 Å². The van der Waals surface area contributed by atoms with Crippen molar-refractivity contribution in [1.29, 1.82) is 0 Å². The van der Waals surface area contributed by atoms with E-state index in [1.807, 2.05) is 36.4 Å². The van der Waals surface area contributed by atoms with Gasteiger partial charge in [0.15, 0.2) is 0 Å². The molecule has 7 rings (SSSR count). The van der Waals surface area contributed by atoms with E-state index in [0.717, 1.165) is 50.1 Å². The fourth-order valence-electron chi connectivity index (χ4n) is 6.16. The fraction of sp³-hybridized carbons (Fsp3) is 0.128. The Morgan fingerprint density at radius 2 is 1.58 bits per heavy atom. The summed E-state index contributed by atoms with van der Waals surface area (Å²) < 4.78 is 6.35. The molecule has 2 N–H and O–H groups in total. The highest BCUT2D eigenvalue weighted by Gasteiger charge is 2.34. The summed E-state index contributed by atoms with van der Waals surface area (Å²) in [5.41, 5.74) is 9.09. The van der Waals surface area contributed by atoms with Crippen molar-refractivity contribution in [3.63, 3.8) is 0 Å². The predicted molar refractivity (Wildman–Crippen MR) is 188 cm³/mol. The molecule has 0 saturated carbocycles. The molecule has 1 unspecified atom stereocenters. The minimum Gasteiger partial charge on any atom is -0.480 e. The summed E-state index contributed by atoms with van der Waals surface area (Å²) in [6.45, 7) is 0. The number of nitrogens with one attached hydrogen (secondary N) is 1. The number of hydrogen-bond donors (Lipinski definition) is 2. The number of nitro groups is 1. The molecule has 2 atom stereocenters. The number of para-hydroxylation sites is 1. The van der Waals surface area contributed by atoms with Crippen molar-refractivity contribution in [2.24, 2.45) is 0 Å². The predicted octanol–water partition coefficient (Wildman–Crippen LogP) is 7.78. The quantitative estimate of drug-likeness (QED) is 0.104. The van der Waals surface area contributed by atoms with Crippen LogP contribution in [-0.2, 0) is 22.4 Å². The van der Waals surface area contributed by atoms with Crippen molar-refractivity contribution in [2.45, 2.75) is 24.1 Å². The van der Waals surface area contributed by atoms with Crippen LogP contribution in [0.1, 0.15) is 22.5 Å². The Labute approximate surface area is 280 Å². The van der Waals surface area contributed by atoms with Gasteiger partial charge in [-0.05, 0) is 45.0 Å². The van der Waals surface area contributed by atoms with Crippen molar-refractivity contribution in [3.8, 4) is 11.1 Å². The third-order valence-corrected chi connectivity index (χ3v) is 9.98. The third kappa shape index (κ3) is 6.32. The molecule has 2 bridgehead atoms. The summed E-state index contributed by atoms with van der Waals surface area (Å²) in [7, 11) is 0. The number of rotatable bonds is 12. The summed E-state index contributed by atoms with van der Waals surface area (Å²) in [6, 6.07) is 31.5. The van der Waals surface area contributed by atoms with Gasteiger partial charge < -0.3 is 14.8 Å². The molecule has 1 heterocycles. The average molecular weight is 655 g/mol. The van der Waals surface area contributed by atoms with Crippen molar-refractivity contribution in [3.05, 3.63) is 165 Å². The van der Waals surface area contributed by atoms with Gasteiger partial charge in [-0.3, -0.25) is 14.9 Å². The van der Waals surface area contributed by atoms with Crippen LogP contribution >= 0.6 is 11.8 Å². The van der Waals surface area contributed by atoms with Crippen LogP contribution in [0.2, 0.25) is 0 Å². The van der Waals surface area contributed by atoms with Gasteiger partial charge in [0, 0.05) is 35.3 Å². The van der Waals surface area contributed by atoms with E-state index < -0.39 is 22.8 Å². The molecule has 1 amide bonds. The lowest BCUT2D eigenvalue weighted by Gasteiger charge is -2.35. The summed E-state index contributed by atoms with van der Waals surface area (Å²) >= 11 is 1.49. The Bertz CT molecular complexity index is 2130. The van der Waals surface area contributed by atoms with E-state index in [1.54, 1.807) is 0 Å². The number of nitro benzene ring substituents is 1. The Kier molecular flexibility index (Phi) is 8.52. The highest BCUT2D eigenvalue weighted by Crippen LogP contribution is 2.47. The number of fused-ring (bicyclic) bond motifs is 3. The zero-order chi connectivity index (χ0) is 33.2. The minimum atomic E-state index is -1.11. The first-order chi connectivity index (χ1) is 23.3. The number of carboxylic acid groups (broad SMARTS) is 1. The van der Waals surface area contributed by atoms with Crippen molar-refractivity contribution in [2.75, 3.05) is 5.75 Å². The van der Waals surface area contributed by atoms with Crippen LogP contribution in [0.4, 0.5) is 5.69 Å². The van der Waals surface area contributed by atoms with E-state index in [2.05, 4.69) is 66.0 Å². The summed E-state index contributed by atoms with van der Waals surface area (Å²) in [5.74, 6) is -0.464. The normalized spacial score (nSPS) is 15.5. The van der Waals surface area contributed by atoms with E-state index in [4.69, 9.17) is 4.42 Å². The van der Waals surface area contributed by atoms with Gasteiger partial charge in [0.25, 0.3) is 5.69 Å². The Morgan fingerprint density at radius 1 is 0.875 bits per heavy atom. The van der Waals surface area contributed by atoms with E-state index in [-0.39, 0.29) is 23.1 Å². The molecule has 1 aromatic heterocycles. The largest absolute Gasteiger partial charge is 0.480 e. The average Bonchev–Trinajstić information content (AvgIpc) is 3.46. The van der Waals surface area contributed by atoms with Crippen molar-refractivity contribution < 1.29 is 24.0 Å². The zero-order valence-electron chi connectivity index (χ0n) is 25.7. The molecule has 0 aliphatic heterocycles. The van der Waals surface area contributed by atoms with Crippen LogP contribution in [0.5, 0.6) is 0 Å². The number of nitrogens with zero attached hydrogens (tertiary/aromatic N) is 1. The first kappa shape index (κ1) is 31.0. The number of carbonyl (C=O) groups is 2. The lowest BCUT2D eigenvalue weighted by molar-refractivity contribution is -0.384. The van der Waals surface area contributed by atoms with Crippen LogP contribution in [0.25, 0.3) is 27.7 Å². The van der Waals surface area contributed by atoms with Crippen LogP contribution < -0.4 is 5.32 Å². The number of thioether (sulfide) groups is 1. The summed E-state index contributed by atoms with van der Waals surface area (Å²) in [6.07, 6.45) is 6.92. The maximum absolute atomic E-state index is 12.6. The Morgan fingerprint density at radius 3 is 2.29 bits per heavy atom. The van der Waals surface area contributed by atoms with Gasteiger partial charge >= 0.3 is 5.97 Å². The van der Waals surface area contributed by atoms with E-state index in [9.17, 15) is 24.8 Å². The summed E-state index contributed by atoms with van der Waals surface area (Å²) in [5, 5.41) is 24.4. The molecule has 5 aromatic rings. The molecular weight excluding hydrogens is 625 g/mol. The van der Waals surface area contributed by atoms with Crippen LogP contribution in [0.3, 0.4) is 0 Å². The first-order valence-corrected chi connectivity index (χ1v) is 16.5. The van der Waals surface area contributed by atoms with Gasteiger partial charge in [0.1, 0.15) is 17.4 Å². The molecule has 8 nitrogen and oxygen atoms in total. The monoisotopic (exact) mass is 654 g/mol. The van der Waals surface area contributed by atoms with Gasteiger partial charge in [-0.15, -0.1) is 11.8 Å². The second-order valence-corrected chi connectivity index (χ2v) is 12.9. The molecule has 2 aliphatic rings. The maximum atomic E-state index is 12.6. The lowest BCUT2D eigenvalue weighted by atomic mass is 9.79. The molecular formula is C39H30N2O6S. The molecule has 0 saturated heterocycles. The number of amides is 1. The molecule has 2 aliphatic carbocycles. The van der Waals surface area contributed by atoms with E-state index in [1.165, 1.54) is 41.6 Å². The van der Waals surface area contributed by atoms with Crippen LogP contribution in [0, 0.1) is 10.1 Å². The minimum absolute atomic E-state index is 0.00777. The smallest absolute Gasteiger partial charge is 0.327 e. The first-order valence-electron chi connectivity index (χ1n) is 15.5. The van der Waals surface area contributed by atoms with Gasteiger partial charge in [-0.2, -0.15) is 0 Å². The second kappa shape index (κ2) is 13.2. The number of carbonyl (C=O) groups excluding carboxylic acids is 1. The van der Waals surface area contributed by atoms with Gasteiger partial charge in [0.2, 0.25) is 5.91 Å². The third-order valence-electron chi connectivity index (χ3n) is 8.60. The van der Waals surface area contributed by atoms with Gasteiger partial charge in [-0.25, -0.2) is 4.79 Å². The van der Waals surface area contributed by atoms with Crippen molar-refractivity contribution >= 4 is 45.9 Å². The Balaban J connectivity index is 1.02. The SMILES string of the molecule is O=C(Cc1ccc([N+](=O)[O-])cc1)N[C@@H](CSC1C2=CC=C(c3ccc(-c4c(Cc5ccccc5)oc5ccccc45)cc3)C1=C2)C(=O)O. The number of benzene rings is 4. The Hall–Kier alpha value is -5.67. The van der Waals surface area contributed by atoms with Crippen LogP contribution in [-0.4, -0.2) is 39.0 Å². The zero-order valence-corrected chi connectivity index (χ0v) is 26.5. The second-order valence-electron chi connectivity index (χ2n) is 11.8. The van der Waals surface area contributed by atoms with E-state index >= 15 is 0 Å². The molecule has 0 spiro atoms. The number of non-ortho nitro benzene ring substituents is 1. The number of aliphatic carboxylic acids is 1.